The standard InChI is InChI=1S/C26H19F3N2O4/c1-2-35-25(34)16-10-12-18(13-11-16)30-15-22-20-8-3-4-9-21(20)23(32)31(24(22)33)19-7-5-6-17(14-19)26(27,28)29/h3-15,33H,2H2,1H3. The van der Waals surface area contributed by atoms with Crippen LogP contribution in [0.5, 0.6) is 5.88 Å². The van der Waals surface area contributed by atoms with Crippen LogP contribution >= 0.6 is 0 Å². The third-order valence-corrected chi connectivity index (χ3v) is 5.26. The highest BCUT2D eigenvalue weighted by Crippen LogP contribution is 2.32. The van der Waals surface area contributed by atoms with Gasteiger partial charge in [0.25, 0.3) is 5.56 Å². The summed E-state index contributed by atoms with van der Waals surface area (Å²) in [5, 5.41) is 11.6. The predicted molar refractivity (Wildman–Crippen MR) is 126 cm³/mol. The molecule has 1 N–H and O–H groups in total. The Labute approximate surface area is 197 Å². The molecule has 0 atom stereocenters. The van der Waals surface area contributed by atoms with Gasteiger partial charge >= 0.3 is 12.1 Å². The van der Waals surface area contributed by atoms with Gasteiger partial charge in [0.05, 0.1) is 34.7 Å². The molecular weight excluding hydrogens is 461 g/mol. The predicted octanol–water partition coefficient (Wildman–Crippen LogP) is 5.64. The first-order valence-corrected chi connectivity index (χ1v) is 10.6. The van der Waals surface area contributed by atoms with Crippen LogP contribution in [0.3, 0.4) is 0 Å². The summed E-state index contributed by atoms with van der Waals surface area (Å²) in [7, 11) is 0. The number of esters is 1. The smallest absolute Gasteiger partial charge is 0.416 e. The molecule has 9 heteroatoms. The molecule has 178 valence electrons. The average molecular weight is 480 g/mol. The molecule has 0 saturated heterocycles. The number of aromatic nitrogens is 1. The minimum absolute atomic E-state index is 0.137. The number of hydrogen-bond acceptors (Lipinski definition) is 5. The van der Waals surface area contributed by atoms with Crippen LogP contribution in [-0.2, 0) is 10.9 Å². The Morgan fingerprint density at radius 2 is 1.71 bits per heavy atom. The van der Waals surface area contributed by atoms with Crippen molar-refractivity contribution in [1.29, 1.82) is 0 Å². The van der Waals surface area contributed by atoms with Crippen LogP contribution in [0.4, 0.5) is 18.9 Å². The van der Waals surface area contributed by atoms with Crippen LogP contribution in [-0.4, -0.2) is 28.5 Å². The number of alkyl halides is 3. The molecule has 0 amide bonds. The van der Waals surface area contributed by atoms with Gasteiger partial charge < -0.3 is 9.84 Å². The van der Waals surface area contributed by atoms with Crippen LogP contribution in [0, 0.1) is 0 Å². The van der Waals surface area contributed by atoms with Crippen molar-refractivity contribution >= 4 is 28.6 Å². The molecule has 4 rings (SSSR count). The number of carbonyl (C=O) groups is 1. The number of aromatic hydroxyl groups is 1. The Hall–Kier alpha value is -4.40. The monoisotopic (exact) mass is 480 g/mol. The van der Waals surface area contributed by atoms with E-state index in [0.717, 1.165) is 22.8 Å². The highest BCUT2D eigenvalue weighted by molar-refractivity contribution is 6.02. The zero-order valence-electron chi connectivity index (χ0n) is 18.4. The van der Waals surface area contributed by atoms with Gasteiger partial charge in [0.15, 0.2) is 0 Å². The van der Waals surface area contributed by atoms with Gasteiger partial charge in [-0.05, 0) is 55.5 Å². The zero-order valence-corrected chi connectivity index (χ0v) is 18.4. The third-order valence-electron chi connectivity index (χ3n) is 5.26. The number of nitrogens with zero attached hydrogens (tertiary/aromatic N) is 2. The first-order valence-electron chi connectivity index (χ1n) is 10.6. The molecular formula is C26H19F3N2O4. The number of hydrogen-bond donors (Lipinski definition) is 1. The van der Waals surface area contributed by atoms with Gasteiger partial charge in [-0.1, -0.05) is 24.3 Å². The van der Waals surface area contributed by atoms with E-state index < -0.39 is 29.1 Å². The van der Waals surface area contributed by atoms with Gasteiger partial charge in [-0.15, -0.1) is 0 Å². The first kappa shape index (κ1) is 23.7. The van der Waals surface area contributed by atoms with Gasteiger partial charge in [0.1, 0.15) is 0 Å². The molecule has 1 aromatic heterocycles. The summed E-state index contributed by atoms with van der Waals surface area (Å²) in [5.41, 5.74) is -0.830. The highest BCUT2D eigenvalue weighted by Gasteiger charge is 2.31. The van der Waals surface area contributed by atoms with Crippen molar-refractivity contribution in [2.45, 2.75) is 13.1 Å². The van der Waals surface area contributed by atoms with E-state index >= 15 is 0 Å². The van der Waals surface area contributed by atoms with Crippen LogP contribution in [0.1, 0.15) is 28.4 Å². The molecule has 6 nitrogen and oxygen atoms in total. The van der Waals surface area contributed by atoms with Gasteiger partial charge in [0, 0.05) is 17.0 Å². The Morgan fingerprint density at radius 1 is 1.03 bits per heavy atom. The number of fused-ring (bicyclic) bond motifs is 1. The molecule has 1 heterocycles. The molecule has 0 unspecified atom stereocenters. The molecule has 4 aromatic rings. The van der Waals surface area contributed by atoms with Crippen molar-refractivity contribution in [3.63, 3.8) is 0 Å². The molecule has 0 bridgehead atoms. The number of ether oxygens (including phenoxy) is 1. The lowest BCUT2D eigenvalue weighted by atomic mass is 10.1. The Bertz CT molecular complexity index is 1490. The van der Waals surface area contributed by atoms with Crippen LogP contribution < -0.4 is 5.56 Å². The summed E-state index contributed by atoms with van der Waals surface area (Å²) >= 11 is 0. The second-order valence-corrected chi connectivity index (χ2v) is 7.50. The molecule has 0 aliphatic heterocycles. The maximum atomic E-state index is 13.2. The number of halogens is 3. The number of benzene rings is 3. The fourth-order valence-electron chi connectivity index (χ4n) is 3.59. The van der Waals surface area contributed by atoms with Crippen molar-refractivity contribution in [2.75, 3.05) is 6.61 Å². The number of rotatable bonds is 5. The summed E-state index contributed by atoms with van der Waals surface area (Å²) < 4.78 is 45.5. The molecule has 35 heavy (non-hydrogen) atoms. The SMILES string of the molecule is CCOC(=O)c1ccc(N=Cc2c(O)n(-c3cccc(C(F)(F)F)c3)c(=O)c3ccccc23)cc1. The molecule has 0 fully saturated rings. The Kier molecular flexibility index (Phi) is 6.42. The lowest BCUT2D eigenvalue weighted by Crippen LogP contribution is -2.20. The molecule has 0 saturated carbocycles. The van der Waals surface area contributed by atoms with Crippen LogP contribution in [0.15, 0.2) is 82.6 Å². The fraction of sp³-hybridized carbons (Fsp3) is 0.115. The van der Waals surface area contributed by atoms with Crippen molar-refractivity contribution in [2.24, 2.45) is 4.99 Å². The quantitative estimate of drug-likeness (QED) is 0.296. The number of aliphatic imine (C=N–C) groups is 1. The lowest BCUT2D eigenvalue weighted by molar-refractivity contribution is -0.137. The van der Waals surface area contributed by atoms with Gasteiger partial charge in [-0.25, -0.2) is 9.36 Å². The van der Waals surface area contributed by atoms with E-state index in [1.54, 1.807) is 37.3 Å². The maximum Gasteiger partial charge on any atom is 0.416 e. The number of pyridine rings is 1. The van der Waals surface area contributed by atoms with Crippen molar-refractivity contribution in [3.05, 3.63) is 99.8 Å². The molecule has 0 radical (unpaired) electrons. The van der Waals surface area contributed by atoms with Gasteiger partial charge in [0.2, 0.25) is 5.88 Å². The van der Waals surface area contributed by atoms with E-state index in [2.05, 4.69) is 4.99 Å². The zero-order chi connectivity index (χ0) is 25.2. The van der Waals surface area contributed by atoms with Crippen LogP contribution in [0.25, 0.3) is 16.5 Å². The van der Waals surface area contributed by atoms with E-state index in [-0.39, 0.29) is 23.2 Å². The van der Waals surface area contributed by atoms with E-state index in [1.807, 2.05) is 0 Å². The molecule has 3 aromatic carbocycles. The minimum atomic E-state index is -4.62. The summed E-state index contributed by atoms with van der Waals surface area (Å²) in [5.74, 6) is -1.03. The highest BCUT2D eigenvalue weighted by atomic mass is 19.4. The van der Waals surface area contributed by atoms with E-state index in [4.69, 9.17) is 4.74 Å². The van der Waals surface area contributed by atoms with Crippen molar-refractivity contribution in [1.82, 2.24) is 4.57 Å². The number of carbonyl (C=O) groups excluding carboxylic acids is 1. The second-order valence-electron chi connectivity index (χ2n) is 7.50. The third kappa shape index (κ3) is 4.79. The second kappa shape index (κ2) is 9.46. The Balaban J connectivity index is 1.84. The summed E-state index contributed by atoms with van der Waals surface area (Å²) in [4.78, 5) is 29.3. The van der Waals surface area contributed by atoms with Crippen molar-refractivity contribution in [3.8, 4) is 11.6 Å². The fourth-order valence-corrected chi connectivity index (χ4v) is 3.59. The van der Waals surface area contributed by atoms with Gasteiger partial charge in [-0.3, -0.25) is 9.79 Å². The Morgan fingerprint density at radius 3 is 2.37 bits per heavy atom. The average Bonchev–Trinajstić information content (AvgIpc) is 2.84. The molecule has 0 spiro atoms. The van der Waals surface area contributed by atoms with Crippen LogP contribution in [0.2, 0.25) is 0 Å². The minimum Gasteiger partial charge on any atom is -0.494 e. The lowest BCUT2D eigenvalue weighted by Gasteiger charge is -2.15. The normalized spacial score (nSPS) is 11.8. The van der Waals surface area contributed by atoms with Gasteiger partial charge in [-0.2, -0.15) is 13.2 Å². The molecule has 0 aliphatic carbocycles. The van der Waals surface area contributed by atoms with E-state index in [1.165, 1.54) is 30.5 Å². The largest absolute Gasteiger partial charge is 0.494 e. The van der Waals surface area contributed by atoms with E-state index in [0.29, 0.717) is 16.6 Å². The topological polar surface area (TPSA) is 80.9 Å². The van der Waals surface area contributed by atoms with Crippen molar-refractivity contribution < 1.29 is 27.8 Å². The van der Waals surface area contributed by atoms with E-state index in [9.17, 15) is 27.9 Å². The summed E-state index contributed by atoms with van der Waals surface area (Å²) in [6.45, 7) is 1.94. The first-order chi connectivity index (χ1) is 16.7. The molecule has 0 aliphatic rings. The summed E-state index contributed by atoms with van der Waals surface area (Å²) in [6, 6.07) is 16.8. The maximum absolute atomic E-state index is 13.2. The summed E-state index contributed by atoms with van der Waals surface area (Å²) in [6.07, 6.45) is -3.30.